The Morgan fingerprint density at radius 1 is 0.727 bits per heavy atom. The van der Waals surface area contributed by atoms with Crippen LogP contribution < -0.4 is 0 Å². The van der Waals surface area contributed by atoms with Crippen LogP contribution in [-0.4, -0.2) is 23.7 Å². The number of alkyl halides is 10. The summed E-state index contributed by atoms with van der Waals surface area (Å²) in [5.41, 5.74) is -5.57. The van der Waals surface area contributed by atoms with Gasteiger partial charge < -0.3 is 5.11 Å². The van der Waals surface area contributed by atoms with E-state index in [4.69, 9.17) is 0 Å². The summed E-state index contributed by atoms with van der Waals surface area (Å²) in [6.07, 6.45) is -11.8. The van der Waals surface area contributed by atoms with Gasteiger partial charge in [-0.2, -0.15) is 43.9 Å². The van der Waals surface area contributed by atoms with Gasteiger partial charge in [0.2, 0.25) is 0 Å². The van der Waals surface area contributed by atoms with E-state index >= 15 is 0 Å². The first kappa shape index (κ1) is 26.5. The number of nitrogens with zero attached hydrogens (tertiary/aromatic N) is 1. The van der Waals surface area contributed by atoms with Gasteiger partial charge in [0.05, 0.1) is 5.69 Å². The average molecular weight is 489 g/mol. The standard InChI is InChI=1S/C21H17F10NO/c1-17(2,3)15-6-4-5-11(16(15)33)10-32-14-8-12(18(22,23)20(26,27)28)7-13(9-14)19(24,25)21(29,30)31/h4-10,33H,1-3H3. The van der Waals surface area contributed by atoms with E-state index in [1.54, 1.807) is 26.8 Å². The molecule has 0 atom stereocenters. The highest BCUT2D eigenvalue weighted by molar-refractivity contribution is 5.86. The van der Waals surface area contributed by atoms with Gasteiger partial charge in [0, 0.05) is 22.9 Å². The molecule has 33 heavy (non-hydrogen) atoms. The molecule has 0 aromatic heterocycles. The van der Waals surface area contributed by atoms with E-state index in [0.717, 1.165) is 6.21 Å². The molecule has 2 aromatic rings. The Bertz CT molecular complexity index is 1000. The van der Waals surface area contributed by atoms with Crippen molar-refractivity contribution in [2.24, 2.45) is 4.99 Å². The van der Waals surface area contributed by atoms with Crippen molar-refractivity contribution in [1.82, 2.24) is 0 Å². The van der Waals surface area contributed by atoms with Gasteiger partial charge in [0.1, 0.15) is 5.75 Å². The van der Waals surface area contributed by atoms with Crippen LogP contribution in [0.2, 0.25) is 0 Å². The third-order valence-electron chi connectivity index (χ3n) is 4.58. The fourth-order valence-electron chi connectivity index (χ4n) is 2.79. The van der Waals surface area contributed by atoms with Gasteiger partial charge in [-0.15, -0.1) is 0 Å². The van der Waals surface area contributed by atoms with Crippen LogP contribution in [0.5, 0.6) is 5.75 Å². The Kier molecular flexibility index (Phi) is 6.58. The smallest absolute Gasteiger partial charge is 0.458 e. The minimum absolute atomic E-state index is 0.0462. The maximum atomic E-state index is 13.8. The summed E-state index contributed by atoms with van der Waals surface area (Å²) in [5, 5.41) is 10.4. The molecule has 0 saturated carbocycles. The molecule has 2 rings (SSSR count). The zero-order chi connectivity index (χ0) is 25.6. The Hall–Kier alpha value is -2.79. The van der Waals surface area contributed by atoms with Crippen molar-refractivity contribution in [1.29, 1.82) is 0 Å². The Morgan fingerprint density at radius 2 is 1.18 bits per heavy atom. The number of phenols is 1. The van der Waals surface area contributed by atoms with Gasteiger partial charge in [-0.25, -0.2) is 0 Å². The molecule has 0 radical (unpaired) electrons. The van der Waals surface area contributed by atoms with Crippen LogP contribution >= 0.6 is 0 Å². The van der Waals surface area contributed by atoms with Crippen LogP contribution in [0.3, 0.4) is 0 Å². The number of aliphatic imine (C=N–C) groups is 1. The Morgan fingerprint density at radius 3 is 1.58 bits per heavy atom. The highest BCUT2D eigenvalue weighted by Crippen LogP contribution is 2.49. The molecule has 1 N–H and O–H groups in total. The fourth-order valence-corrected chi connectivity index (χ4v) is 2.79. The summed E-state index contributed by atoms with van der Waals surface area (Å²) >= 11 is 0. The van der Waals surface area contributed by atoms with E-state index in [0.29, 0.717) is 5.56 Å². The second kappa shape index (κ2) is 8.21. The lowest BCUT2D eigenvalue weighted by atomic mass is 9.85. The molecule has 0 spiro atoms. The lowest BCUT2D eigenvalue weighted by molar-refractivity contribution is -0.292. The first-order valence-corrected chi connectivity index (χ1v) is 9.11. The number of rotatable bonds is 4. The first-order valence-electron chi connectivity index (χ1n) is 9.11. The summed E-state index contributed by atoms with van der Waals surface area (Å²) in [4.78, 5) is 3.49. The van der Waals surface area contributed by atoms with Gasteiger partial charge in [-0.05, 0) is 35.2 Å². The van der Waals surface area contributed by atoms with E-state index < -0.39 is 52.5 Å². The van der Waals surface area contributed by atoms with Crippen molar-refractivity contribution in [2.75, 3.05) is 0 Å². The van der Waals surface area contributed by atoms with Crippen molar-refractivity contribution < 1.29 is 49.0 Å². The second-order valence-corrected chi connectivity index (χ2v) is 8.16. The summed E-state index contributed by atoms with van der Waals surface area (Å²) < 4.78 is 132. The highest BCUT2D eigenvalue weighted by atomic mass is 19.4. The van der Waals surface area contributed by atoms with Crippen LogP contribution in [-0.2, 0) is 17.3 Å². The van der Waals surface area contributed by atoms with Crippen molar-refractivity contribution in [3.8, 4) is 5.75 Å². The van der Waals surface area contributed by atoms with Crippen molar-refractivity contribution in [2.45, 2.75) is 50.4 Å². The molecule has 12 heteroatoms. The van der Waals surface area contributed by atoms with Crippen LogP contribution in [0.25, 0.3) is 0 Å². The Balaban J connectivity index is 2.69. The SMILES string of the molecule is CC(C)(C)c1cccc(C=Nc2cc(C(F)(F)C(F)(F)F)cc(C(F)(F)C(F)(F)F)c2)c1O. The molecule has 0 fully saturated rings. The molecule has 182 valence electrons. The minimum Gasteiger partial charge on any atom is -0.507 e. The van der Waals surface area contributed by atoms with Crippen molar-refractivity contribution in [3.05, 3.63) is 58.7 Å². The maximum Gasteiger partial charge on any atom is 0.458 e. The number of para-hydroxylation sites is 1. The van der Waals surface area contributed by atoms with Gasteiger partial charge in [-0.3, -0.25) is 4.99 Å². The molecule has 0 amide bonds. The summed E-state index contributed by atoms with van der Waals surface area (Å²) in [6.45, 7) is 5.20. The molecular weight excluding hydrogens is 472 g/mol. The second-order valence-electron chi connectivity index (χ2n) is 8.16. The third-order valence-corrected chi connectivity index (χ3v) is 4.58. The number of phenolic OH excluding ortho intramolecular Hbond substituents is 1. The van der Waals surface area contributed by atoms with Gasteiger partial charge >= 0.3 is 24.2 Å². The van der Waals surface area contributed by atoms with E-state index in [-0.39, 0.29) is 23.4 Å². The predicted molar refractivity (Wildman–Crippen MR) is 100 cm³/mol. The molecule has 0 aliphatic heterocycles. The van der Waals surface area contributed by atoms with Crippen molar-refractivity contribution in [3.63, 3.8) is 0 Å². The minimum atomic E-state index is -6.26. The molecule has 0 bridgehead atoms. The first-order chi connectivity index (χ1) is 14.7. The number of hydrogen-bond acceptors (Lipinski definition) is 2. The Labute approximate surface area is 181 Å². The fraction of sp³-hybridized carbons (Fsp3) is 0.381. The monoisotopic (exact) mass is 489 g/mol. The lowest BCUT2D eigenvalue weighted by Gasteiger charge is -2.24. The number of aromatic hydroxyl groups is 1. The van der Waals surface area contributed by atoms with Crippen LogP contribution in [0.4, 0.5) is 49.6 Å². The zero-order valence-corrected chi connectivity index (χ0v) is 17.2. The topological polar surface area (TPSA) is 32.6 Å². The summed E-state index contributed by atoms with van der Waals surface area (Å²) in [6, 6.07) is 3.80. The quantitative estimate of drug-likeness (QED) is 0.346. The maximum absolute atomic E-state index is 13.8. The normalized spacial score (nSPS) is 14.2. The number of halogens is 10. The largest absolute Gasteiger partial charge is 0.507 e. The summed E-state index contributed by atoms with van der Waals surface area (Å²) in [5.74, 6) is -11.8. The van der Waals surface area contributed by atoms with Crippen LogP contribution in [0.15, 0.2) is 41.4 Å². The molecular formula is C21H17F10NO. The molecule has 2 aromatic carbocycles. The molecule has 2 nitrogen and oxygen atoms in total. The molecule has 0 unspecified atom stereocenters. The van der Waals surface area contributed by atoms with Crippen LogP contribution in [0, 0.1) is 0 Å². The van der Waals surface area contributed by atoms with Gasteiger partial charge in [0.25, 0.3) is 0 Å². The third kappa shape index (κ3) is 5.25. The molecule has 0 saturated heterocycles. The van der Waals surface area contributed by atoms with E-state index in [1.165, 1.54) is 12.1 Å². The molecule has 0 heterocycles. The highest BCUT2D eigenvalue weighted by Gasteiger charge is 2.61. The van der Waals surface area contributed by atoms with E-state index in [1.807, 2.05) is 0 Å². The van der Waals surface area contributed by atoms with Gasteiger partial charge in [0.15, 0.2) is 0 Å². The summed E-state index contributed by atoms with van der Waals surface area (Å²) in [7, 11) is 0. The predicted octanol–water partition coefficient (Wildman–Crippen LogP) is 7.75. The average Bonchev–Trinajstić information content (AvgIpc) is 2.64. The van der Waals surface area contributed by atoms with Gasteiger partial charge in [-0.1, -0.05) is 32.9 Å². The number of hydrogen-bond donors (Lipinski definition) is 1. The van der Waals surface area contributed by atoms with E-state index in [2.05, 4.69) is 4.99 Å². The molecule has 0 aliphatic rings. The molecule has 0 aliphatic carbocycles. The van der Waals surface area contributed by atoms with Crippen LogP contribution in [0.1, 0.15) is 43.0 Å². The zero-order valence-electron chi connectivity index (χ0n) is 17.2. The van der Waals surface area contributed by atoms with E-state index in [9.17, 15) is 49.0 Å². The number of benzene rings is 2. The van der Waals surface area contributed by atoms with Crippen molar-refractivity contribution >= 4 is 11.9 Å². The lowest BCUT2D eigenvalue weighted by Crippen LogP contribution is -2.36.